The second-order valence-electron chi connectivity index (χ2n) is 9.10. The van der Waals surface area contributed by atoms with E-state index in [-0.39, 0.29) is 17.9 Å². The first-order valence-electron chi connectivity index (χ1n) is 11.7. The summed E-state index contributed by atoms with van der Waals surface area (Å²) in [6, 6.07) is 25.9. The zero-order chi connectivity index (χ0) is 24.5. The summed E-state index contributed by atoms with van der Waals surface area (Å²) in [6.45, 7) is 4.39. The lowest BCUT2D eigenvalue weighted by Gasteiger charge is -2.25. The summed E-state index contributed by atoms with van der Waals surface area (Å²) >= 11 is 0. The Hall–Kier alpha value is -4.25. The molecule has 1 N–H and O–H groups in total. The number of fused-ring (bicyclic) bond motifs is 1. The first-order chi connectivity index (χ1) is 17.0. The summed E-state index contributed by atoms with van der Waals surface area (Å²) in [5.41, 5.74) is 3.22. The smallest absolute Gasteiger partial charge is 0.296 e. The molecule has 1 fully saturated rings. The van der Waals surface area contributed by atoms with Crippen LogP contribution in [0.2, 0.25) is 0 Å². The predicted molar refractivity (Wildman–Crippen MR) is 137 cm³/mol. The van der Waals surface area contributed by atoms with Crippen molar-refractivity contribution in [3.05, 3.63) is 119 Å². The minimum absolute atomic E-state index is 0.0968. The first-order valence-corrected chi connectivity index (χ1v) is 11.7. The van der Waals surface area contributed by atoms with Crippen LogP contribution in [0.5, 0.6) is 0 Å². The van der Waals surface area contributed by atoms with Gasteiger partial charge in [0.15, 0.2) is 0 Å². The van der Waals surface area contributed by atoms with Gasteiger partial charge in [0.05, 0.1) is 23.9 Å². The number of likely N-dealkylation sites (tertiary alicyclic amines) is 1. The van der Waals surface area contributed by atoms with E-state index in [1.54, 1.807) is 18.3 Å². The molecule has 5 nitrogen and oxygen atoms in total. The van der Waals surface area contributed by atoms with E-state index < -0.39 is 17.7 Å². The second kappa shape index (κ2) is 9.18. The van der Waals surface area contributed by atoms with Crippen LogP contribution in [-0.4, -0.2) is 26.7 Å². The molecule has 0 saturated carbocycles. The molecule has 5 rings (SSSR count). The van der Waals surface area contributed by atoms with Crippen molar-refractivity contribution in [1.29, 1.82) is 0 Å². The maximum Gasteiger partial charge on any atom is 0.296 e. The van der Waals surface area contributed by atoms with Gasteiger partial charge in [-0.3, -0.25) is 14.6 Å². The highest BCUT2D eigenvalue weighted by atomic mass is 16.3. The molecule has 1 aliphatic rings. The molecule has 35 heavy (non-hydrogen) atoms. The highest BCUT2D eigenvalue weighted by Gasteiger charge is 2.46. The molecule has 2 heterocycles. The SMILES string of the molecule is CC(C)c1ccc(C2/C(=C(/O)c3cccc4ccccc34)C(=O)C(=O)N2Cc2ccccn2)cc1. The number of rotatable bonds is 5. The van der Waals surface area contributed by atoms with E-state index >= 15 is 0 Å². The lowest BCUT2D eigenvalue weighted by molar-refractivity contribution is -0.140. The number of ketones is 1. The Morgan fingerprint density at radius 1 is 0.914 bits per heavy atom. The topological polar surface area (TPSA) is 70.5 Å². The Morgan fingerprint density at radius 3 is 2.34 bits per heavy atom. The lowest BCUT2D eigenvalue weighted by Crippen LogP contribution is -2.29. The Morgan fingerprint density at radius 2 is 1.63 bits per heavy atom. The maximum absolute atomic E-state index is 13.4. The summed E-state index contributed by atoms with van der Waals surface area (Å²) in [6.07, 6.45) is 1.66. The quantitative estimate of drug-likeness (QED) is 0.225. The summed E-state index contributed by atoms with van der Waals surface area (Å²) < 4.78 is 0. The number of Topliss-reactive ketones (excluding diaryl/α,β-unsaturated/α-hetero) is 1. The van der Waals surface area contributed by atoms with E-state index in [4.69, 9.17) is 0 Å². The van der Waals surface area contributed by atoms with Crippen molar-refractivity contribution in [2.45, 2.75) is 32.4 Å². The number of hydrogen-bond donors (Lipinski definition) is 1. The van der Waals surface area contributed by atoms with E-state index in [0.29, 0.717) is 17.2 Å². The fourth-order valence-corrected chi connectivity index (χ4v) is 4.70. The molecule has 1 unspecified atom stereocenters. The second-order valence-corrected chi connectivity index (χ2v) is 9.10. The molecule has 0 radical (unpaired) electrons. The average Bonchev–Trinajstić information content (AvgIpc) is 3.13. The molecular formula is C30H26N2O3. The molecular weight excluding hydrogens is 436 g/mol. The van der Waals surface area contributed by atoms with Crippen molar-refractivity contribution in [2.24, 2.45) is 0 Å². The highest BCUT2D eigenvalue weighted by molar-refractivity contribution is 6.46. The van der Waals surface area contributed by atoms with Gasteiger partial charge in [0.2, 0.25) is 0 Å². The molecule has 174 valence electrons. The largest absolute Gasteiger partial charge is 0.507 e. The molecule has 1 amide bonds. The van der Waals surface area contributed by atoms with E-state index in [9.17, 15) is 14.7 Å². The number of aromatic nitrogens is 1. The van der Waals surface area contributed by atoms with Gasteiger partial charge in [-0.15, -0.1) is 0 Å². The van der Waals surface area contributed by atoms with Crippen LogP contribution in [0.15, 0.2) is 96.7 Å². The standard InChI is InChI=1S/C30H26N2O3/c1-19(2)20-13-15-22(16-14-20)27-26(28(33)25-12-7-9-21-8-3-4-11-24(21)25)29(34)30(35)32(27)18-23-10-5-6-17-31-23/h3-17,19,27,33H,18H2,1-2H3/b28-26-. The summed E-state index contributed by atoms with van der Waals surface area (Å²) in [7, 11) is 0. The van der Waals surface area contributed by atoms with E-state index in [1.807, 2.05) is 72.8 Å². The number of hydrogen-bond acceptors (Lipinski definition) is 4. The zero-order valence-electron chi connectivity index (χ0n) is 19.7. The number of pyridine rings is 1. The molecule has 0 spiro atoms. The molecule has 4 aromatic rings. The Balaban J connectivity index is 1.69. The van der Waals surface area contributed by atoms with Gasteiger partial charge in [-0.1, -0.05) is 86.6 Å². The Kier molecular flexibility index (Phi) is 5.91. The molecule has 1 aliphatic heterocycles. The monoisotopic (exact) mass is 462 g/mol. The van der Waals surface area contributed by atoms with Crippen LogP contribution in [-0.2, 0) is 16.1 Å². The van der Waals surface area contributed by atoms with Crippen LogP contribution >= 0.6 is 0 Å². The molecule has 0 aliphatic carbocycles. The number of nitrogens with zero attached hydrogens (tertiary/aromatic N) is 2. The van der Waals surface area contributed by atoms with Crippen molar-refractivity contribution >= 4 is 28.2 Å². The van der Waals surface area contributed by atoms with Gasteiger partial charge < -0.3 is 10.0 Å². The lowest BCUT2D eigenvalue weighted by atomic mass is 9.92. The van der Waals surface area contributed by atoms with Gasteiger partial charge in [0.1, 0.15) is 5.76 Å². The van der Waals surface area contributed by atoms with Crippen LogP contribution in [0.4, 0.5) is 0 Å². The van der Waals surface area contributed by atoms with Gasteiger partial charge in [0.25, 0.3) is 11.7 Å². The third-order valence-corrected chi connectivity index (χ3v) is 6.56. The van der Waals surface area contributed by atoms with Crippen LogP contribution in [0, 0.1) is 0 Å². The molecule has 1 atom stereocenters. The van der Waals surface area contributed by atoms with Crippen molar-refractivity contribution in [1.82, 2.24) is 9.88 Å². The fourth-order valence-electron chi connectivity index (χ4n) is 4.70. The molecule has 0 bridgehead atoms. The highest BCUT2D eigenvalue weighted by Crippen LogP contribution is 2.41. The molecule has 5 heteroatoms. The third kappa shape index (κ3) is 4.10. The van der Waals surface area contributed by atoms with E-state index in [2.05, 4.69) is 18.8 Å². The van der Waals surface area contributed by atoms with Gasteiger partial charge >= 0.3 is 0 Å². The number of carbonyl (C=O) groups excluding carboxylic acids is 2. The normalized spacial score (nSPS) is 17.5. The third-order valence-electron chi connectivity index (χ3n) is 6.56. The van der Waals surface area contributed by atoms with Crippen LogP contribution < -0.4 is 0 Å². The average molecular weight is 463 g/mol. The van der Waals surface area contributed by atoms with E-state index in [1.165, 1.54) is 4.90 Å². The van der Waals surface area contributed by atoms with Gasteiger partial charge in [0, 0.05) is 11.8 Å². The first kappa shape index (κ1) is 22.5. The minimum Gasteiger partial charge on any atom is -0.507 e. The fraction of sp³-hybridized carbons (Fsp3) is 0.167. The van der Waals surface area contributed by atoms with E-state index in [0.717, 1.165) is 21.9 Å². The summed E-state index contributed by atoms with van der Waals surface area (Å²) in [4.78, 5) is 32.5. The number of benzene rings is 3. The number of aliphatic hydroxyl groups excluding tert-OH is 1. The predicted octanol–water partition coefficient (Wildman–Crippen LogP) is 5.98. The van der Waals surface area contributed by atoms with Crippen molar-refractivity contribution < 1.29 is 14.7 Å². The van der Waals surface area contributed by atoms with Crippen molar-refractivity contribution in [3.63, 3.8) is 0 Å². The zero-order valence-corrected chi connectivity index (χ0v) is 19.7. The number of amides is 1. The van der Waals surface area contributed by atoms with Crippen LogP contribution in [0.1, 0.15) is 48.2 Å². The van der Waals surface area contributed by atoms with Crippen molar-refractivity contribution in [3.8, 4) is 0 Å². The minimum atomic E-state index is -0.725. The Labute approximate surface area is 204 Å². The van der Waals surface area contributed by atoms with Crippen molar-refractivity contribution in [2.75, 3.05) is 0 Å². The summed E-state index contributed by atoms with van der Waals surface area (Å²) in [5, 5.41) is 13.3. The maximum atomic E-state index is 13.4. The van der Waals surface area contributed by atoms with Gasteiger partial charge in [-0.25, -0.2) is 0 Å². The van der Waals surface area contributed by atoms with Crippen LogP contribution in [0.25, 0.3) is 16.5 Å². The van der Waals surface area contributed by atoms with Gasteiger partial charge in [-0.2, -0.15) is 0 Å². The Bertz CT molecular complexity index is 1430. The summed E-state index contributed by atoms with van der Waals surface area (Å²) in [5.74, 6) is -1.15. The molecule has 3 aromatic carbocycles. The van der Waals surface area contributed by atoms with Gasteiger partial charge in [-0.05, 0) is 39.9 Å². The number of carbonyl (C=O) groups is 2. The molecule has 1 saturated heterocycles. The van der Waals surface area contributed by atoms with Crippen LogP contribution in [0.3, 0.4) is 0 Å². The molecule has 1 aromatic heterocycles. The number of aliphatic hydroxyl groups is 1.